The van der Waals surface area contributed by atoms with Crippen molar-refractivity contribution in [3.63, 3.8) is 0 Å². The maximum atomic E-state index is 4.74. The summed E-state index contributed by atoms with van der Waals surface area (Å²) in [4.78, 5) is 9.38. The Morgan fingerprint density at radius 1 is 1.10 bits per heavy atom. The van der Waals surface area contributed by atoms with Crippen molar-refractivity contribution >= 4 is 11.6 Å². The number of hydrogen-bond acceptors (Lipinski definition) is 4. The number of aromatic nitrogens is 2. The third-order valence-electron chi connectivity index (χ3n) is 4.12. The molecule has 0 amide bonds. The minimum absolute atomic E-state index is 0.0387. The highest BCUT2D eigenvalue weighted by atomic mass is 15.1. The molecule has 2 rings (SSSR count). The van der Waals surface area contributed by atoms with Crippen LogP contribution in [0.2, 0.25) is 0 Å². The monoisotopic (exact) mass is 290 g/mol. The van der Waals surface area contributed by atoms with Crippen LogP contribution in [0.15, 0.2) is 6.07 Å². The molecule has 0 spiro atoms. The Balaban J connectivity index is 2.15. The molecule has 1 aliphatic rings. The largest absolute Gasteiger partial charge is 0.370 e. The molecule has 1 fully saturated rings. The van der Waals surface area contributed by atoms with Crippen LogP contribution in [0.3, 0.4) is 0 Å². The molecule has 1 heterocycles. The highest BCUT2D eigenvalue weighted by Crippen LogP contribution is 2.27. The zero-order valence-electron chi connectivity index (χ0n) is 14.2. The van der Waals surface area contributed by atoms with E-state index in [1.165, 1.54) is 25.7 Å². The van der Waals surface area contributed by atoms with Gasteiger partial charge in [-0.15, -0.1) is 0 Å². The van der Waals surface area contributed by atoms with Crippen LogP contribution in [0, 0.1) is 5.92 Å². The minimum Gasteiger partial charge on any atom is -0.370 e. The Kier molecular flexibility index (Phi) is 5.07. The Bertz CT molecular complexity index is 456. The summed E-state index contributed by atoms with van der Waals surface area (Å²) in [6.07, 6.45) is 5.11. The number of nitrogens with one attached hydrogen (secondary N) is 2. The lowest BCUT2D eigenvalue weighted by atomic mass is 9.87. The molecule has 1 aromatic rings. The van der Waals surface area contributed by atoms with Gasteiger partial charge in [0.15, 0.2) is 0 Å². The molecule has 0 atom stereocenters. The van der Waals surface area contributed by atoms with E-state index in [0.29, 0.717) is 6.04 Å². The van der Waals surface area contributed by atoms with Crippen LogP contribution in [0.4, 0.5) is 11.6 Å². The average Bonchev–Trinajstić information content (AvgIpc) is 2.41. The van der Waals surface area contributed by atoms with Crippen molar-refractivity contribution in [2.45, 2.75) is 71.8 Å². The fourth-order valence-corrected chi connectivity index (χ4v) is 2.74. The first kappa shape index (κ1) is 16.1. The predicted octanol–water partition coefficient (Wildman–Crippen LogP) is 4.20. The van der Waals surface area contributed by atoms with Crippen molar-refractivity contribution in [1.29, 1.82) is 0 Å². The van der Waals surface area contributed by atoms with Crippen LogP contribution in [0.1, 0.15) is 66.1 Å². The van der Waals surface area contributed by atoms with E-state index in [9.17, 15) is 0 Å². The second-order valence-electron chi connectivity index (χ2n) is 7.34. The first-order valence-corrected chi connectivity index (χ1v) is 8.28. The topological polar surface area (TPSA) is 49.8 Å². The van der Waals surface area contributed by atoms with Crippen molar-refractivity contribution in [3.8, 4) is 0 Å². The van der Waals surface area contributed by atoms with E-state index < -0.39 is 0 Å². The Hall–Kier alpha value is -1.32. The molecule has 21 heavy (non-hydrogen) atoms. The summed E-state index contributed by atoms with van der Waals surface area (Å²) in [5.41, 5.74) is -0.0387. The van der Waals surface area contributed by atoms with Crippen molar-refractivity contribution in [2.75, 3.05) is 17.2 Å². The third kappa shape index (κ3) is 4.58. The molecule has 4 heteroatoms. The smallest absolute Gasteiger partial charge is 0.138 e. The van der Waals surface area contributed by atoms with Crippen molar-refractivity contribution in [1.82, 2.24) is 9.97 Å². The highest BCUT2D eigenvalue weighted by molar-refractivity contribution is 5.48. The lowest BCUT2D eigenvalue weighted by Crippen LogP contribution is -2.27. The van der Waals surface area contributed by atoms with Gasteiger partial charge < -0.3 is 10.6 Å². The van der Waals surface area contributed by atoms with Gasteiger partial charge in [-0.05, 0) is 38.5 Å². The SMILES string of the molecule is CCNc1cc(NC2CCC(C)CC2)nc(C(C)(C)C)n1. The normalized spacial score (nSPS) is 22.9. The quantitative estimate of drug-likeness (QED) is 0.872. The molecule has 2 N–H and O–H groups in total. The number of rotatable bonds is 4. The number of nitrogens with zero attached hydrogens (tertiary/aromatic N) is 2. The van der Waals surface area contributed by atoms with Gasteiger partial charge in [-0.2, -0.15) is 0 Å². The second-order valence-corrected chi connectivity index (χ2v) is 7.34. The fraction of sp³-hybridized carbons (Fsp3) is 0.765. The van der Waals surface area contributed by atoms with Gasteiger partial charge in [0.05, 0.1) is 0 Å². The molecule has 0 aromatic carbocycles. The van der Waals surface area contributed by atoms with Crippen LogP contribution in [0.5, 0.6) is 0 Å². The standard InChI is InChI=1S/C17H30N4/c1-6-18-14-11-15(21-16(20-14)17(3,4)5)19-13-9-7-12(2)8-10-13/h11-13H,6-10H2,1-5H3,(H2,18,19,20,21). The summed E-state index contributed by atoms with van der Waals surface area (Å²) >= 11 is 0. The fourth-order valence-electron chi connectivity index (χ4n) is 2.74. The summed E-state index contributed by atoms with van der Waals surface area (Å²) < 4.78 is 0. The molecule has 1 saturated carbocycles. The summed E-state index contributed by atoms with van der Waals surface area (Å²) in [5.74, 6) is 3.65. The Morgan fingerprint density at radius 2 is 1.71 bits per heavy atom. The van der Waals surface area contributed by atoms with Crippen molar-refractivity contribution < 1.29 is 0 Å². The van der Waals surface area contributed by atoms with Gasteiger partial charge >= 0.3 is 0 Å². The zero-order valence-corrected chi connectivity index (χ0v) is 14.2. The number of hydrogen-bond donors (Lipinski definition) is 2. The van der Waals surface area contributed by atoms with Gasteiger partial charge in [0.1, 0.15) is 17.5 Å². The van der Waals surface area contributed by atoms with Gasteiger partial charge in [0.2, 0.25) is 0 Å². The van der Waals surface area contributed by atoms with Gasteiger partial charge in [-0.25, -0.2) is 9.97 Å². The van der Waals surface area contributed by atoms with E-state index >= 15 is 0 Å². The zero-order chi connectivity index (χ0) is 15.5. The van der Waals surface area contributed by atoms with Crippen LogP contribution >= 0.6 is 0 Å². The molecule has 4 nitrogen and oxygen atoms in total. The van der Waals surface area contributed by atoms with Crippen molar-refractivity contribution in [3.05, 3.63) is 11.9 Å². The van der Waals surface area contributed by atoms with Gasteiger partial charge in [0.25, 0.3) is 0 Å². The van der Waals surface area contributed by atoms with Gasteiger partial charge in [0, 0.05) is 24.1 Å². The van der Waals surface area contributed by atoms with E-state index in [1.54, 1.807) is 0 Å². The average molecular weight is 290 g/mol. The third-order valence-corrected chi connectivity index (χ3v) is 4.12. The molecule has 0 saturated heterocycles. The van der Waals surface area contributed by atoms with E-state index in [0.717, 1.165) is 29.9 Å². The highest BCUT2D eigenvalue weighted by Gasteiger charge is 2.22. The predicted molar refractivity (Wildman–Crippen MR) is 89.9 cm³/mol. The molecule has 1 aliphatic carbocycles. The summed E-state index contributed by atoms with van der Waals surface area (Å²) in [5, 5.41) is 6.94. The molecule has 0 bridgehead atoms. The maximum Gasteiger partial charge on any atom is 0.138 e. The Morgan fingerprint density at radius 3 is 2.29 bits per heavy atom. The van der Waals surface area contributed by atoms with E-state index in [-0.39, 0.29) is 5.41 Å². The van der Waals surface area contributed by atoms with E-state index in [2.05, 4.69) is 50.2 Å². The molecule has 1 aromatic heterocycles. The molecule has 0 unspecified atom stereocenters. The van der Waals surface area contributed by atoms with E-state index in [1.807, 2.05) is 6.07 Å². The molecule has 0 aliphatic heterocycles. The lowest BCUT2D eigenvalue weighted by Gasteiger charge is -2.28. The molecular weight excluding hydrogens is 260 g/mol. The van der Waals surface area contributed by atoms with Crippen LogP contribution < -0.4 is 10.6 Å². The molecule has 118 valence electrons. The van der Waals surface area contributed by atoms with E-state index in [4.69, 9.17) is 4.98 Å². The lowest BCUT2D eigenvalue weighted by molar-refractivity contribution is 0.360. The molecule has 0 radical (unpaired) electrons. The summed E-state index contributed by atoms with van der Waals surface area (Å²) in [6.45, 7) is 11.8. The van der Waals surface area contributed by atoms with Gasteiger partial charge in [-0.3, -0.25) is 0 Å². The maximum absolute atomic E-state index is 4.74. The van der Waals surface area contributed by atoms with Crippen molar-refractivity contribution in [2.24, 2.45) is 5.92 Å². The number of anilines is 2. The first-order valence-electron chi connectivity index (χ1n) is 8.28. The van der Waals surface area contributed by atoms with Crippen LogP contribution in [-0.4, -0.2) is 22.6 Å². The first-order chi connectivity index (χ1) is 9.88. The second kappa shape index (κ2) is 6.63. The summed E-state index contributed by atoms with van der Waals surface area (Å²) in [7, 11) is 0. The summed E-state index contributed by atoms with van der Waals surface area (Å²) in [6, 6.07) is 2.59. The molecular formula is C17H30N4. The van der Waals surface area contributed by atoms with Crippen LogP contribution in [0.25, 0.3) is 0 Å². The Labute approximate surface area is 129 Å². The van der Waals surface area contributed by atoms with Crippen LogP contribution in [-0.2, 0) is 5.41 Å². The minimum atomic E-state index is -0.0387. The van der Waals surface area contributed by atoms with Gasteiger partial charge in [-0.1, -0.05) is 27.7 Å².